The van der Waals surface area contributed by atoms with E-state index in [1.165, 1.54) is 97.8 Å². The molecule has 3 heteroatoms. The third-order valence-electron chi connectivity index (χ3n) is 18.1. The highest BCUT2D eigenvalue weighted by molar-refractivity contribution is 5.82. The maximum Gasteiger partial charge on any atom is 0.0726 e. The predicted molar refractivity (Wildman–Crippen MR) is 417 cm³/mol. The Morgan fingerprint density at radius 3 is 1.77 bits per heavy atom. The lowest BCUT2D eigenvalue weighted by atomic mass is 9.76. The van der Waals surface area contributed by atoms with Gasteiger partial charge in [0.15, 0.2) is 0 Å². The molecule has 0 radical (unpaired) electrons. The van der Waals surface area contributed by atoms with Crippen LogP contribution in [0.5, 0.6) is 0 Å². The Morgan fingerprint density at radius 1 is 0.624 bits per heavy atom. The fourth-order valence-electron chi connectivity index (χ4n) is 13.3. The highest BCUT2D eigenvalue weighted by Gasteiger charge is 2.49. The molecule has 0 N–H and O–H groups in total. The Balaban J connectivity index is 0.000000314. The van der Waals surface area contributed by atoms with Gasteiger partial charge in [-0.1, -0.05) is 288 Å². The molecule has 4 unspecified atom stereocenters. The highest BCUT2D eigenvalue weighted by atomic mass is 15.2. The van der Waals surface area contributed by atoms with Crippen LogP contribution in [0.4, 0.5) is 5.69 Å². The van der Waals surface area contributed by atoms with Gasteiger partial charge in [0.1, 0.15) is 0 Å². The molecule has 1 aliphatic heterocycles. The van der Waals surface area contributed by atoms with Crippen molar-refractivity contribution in [3.8, 4) is 5.69 Å². The van der Waals surface area contributed by atoms with Gasteiger partial charge in [-0.2, -0.15) is 0 Å². The molecule has 93 heavy (non-hydrogen) atoms. The van der Waals surface area contributed by atoms with E-state index in [4.69, 9.17) is 4.98 Å². The number of hydrogen-bond acceptors (Lipinski definition) is 2. The van der Waals surface area contributed by atoms with Crippen LogP contribution in [0.3, 0.4) is 0 Å². The van der Waals surface area contributed by atoms with Gasteiger partial charge in [0.05, 0.1) is 11.4 Å². The minimum atomic E-state index is 0.305. The van der Waals surface area contributed by atoms with E-state index in [0.717, 1.165) is 40.9 Å². The summed E-state index contributed by atoms with van der Waals surface area (Å²) in [5.74, 6) is 2.33. The molecule has 6 atom stereocenters. The molecule has 8 rings (SSSR count). The molecule has 0 spiro atoms. The normalized spacial score (nSPS) is 17.9. The molecule has 0 saturated heterocycles. The molecule has 0 amide bonds. The summed E-state index contributed by atoms with van der Waals surface area (Å²) in [6.45, 7) is 55.3. The van der Waals surface area contributed by atoms with Crippen molar-refractivity contribution in [2.24, 2.45) is 17.8 Å². The van der Waals surface area contributed by atoms with Crippen molar-refractivity contribution in [3.05, 3.63) is 324 Å². The molecule has 6 aromatic rings. The van der Waals surface area contributed by atoms with Gasteiger partial charge in [-0.3, -0.25) is 0 Å². The minimum Gasteiger partial charge on any atom is -0.337 e. The van der Waals surface area contributed by atoms with Gasteiger partial charge in [0.25, 0.3) is 0 Å². The first-order chi connectivity index (χ1) is 45.0. The Labute approximate surface area is 566 Å². The molecular formula is C90H115N3. The van der Waals surface area contributed by atoms with E-state index in [1.807, 2.05) is 90.1 Å². The summed E-state index contributed by atoms with van der Waals surface area (Å²) in [6.07, 6.45) is 41.5. The van der Waals surface area contributed by atoms with Gasteiger partial charge in [0, 0.05) is 46.3 Å². The summed E-state index contributed by atoms with van der Waals surface area (Å²) >= 11 is 0. The third-order valence-corrected chi connectivity index (χ3v) is 18.1. The lowest BCUT2D eigenvalue weighted by Gasteiger charge is -2.38. The molecule has 1 saturated carbocycles. The molecular weight excluding hydrogens is 1120 g/mol. The van der Waals surface area contributed by atoms with Gasteiger partial charge < -0.3 is 9.47 Å². The van der Waals surface area contributed by atoms with Crippen molar-refractivity contribution < 1.29 is 0 Å². The van der Waals surface area contributed by atoms with Gasteiger partial charge in [-0.25, -0.2) is 4.98 Å². The monoisotopic (exact) mass is 1240 g/mol. The van der Waals surface area contributed by atoms with Crippen molar-refractivity contribution in [1.82, 2.24) is 9.55 Å². The Morgan fingerprint density at radius 2 is 1.23 bits per heavy atom. The maximum atomic E-state index is 5.06. The first-order valence-electron chi connectivity index (χ1n) is 34.6. The molecule has 0 bridgehead atoms. The fourth-order valence-corrected chi connectivity index (χ4v) is 13.3. The van der Waals surface area contributed by atoms with Crippen LogP contribution in [0.1, 0.15) is 203 Å². The summed E-state index contributed by atoms with van der Waals surface area (Å²) < 4.78 is 2.37. The number of rotatable bonds is 21. The van der Waals surface area contributed by atoms with E-state index in [9.17, 15) is 0 Å². The maximum absolute atomic E-state index is 5.06. The van der Waals surface area contributed by atoms with E-state index in [-0.39, 0.29) is 0 Å². The average molecular weight is 1240 g/mol. The number of aromatic nitrogens is 2. The summed E-state index contributed by atoms with van der Waals surface area (Å²) in [4.78, 5) is 7.72. The van der Waals surface area contributed by atoms with Crippen molar-refractivity contribution in [1.29, 1.82) is 0 Å². The molecule has 490 valence electrons. The largest absolute Gasteiger partial charge is 0.337 e. The number of pyridine rings is 1. The number of fused-ring (bicyclic) bond motifs is 3. The van der Waals surface area contributed by atoms with E-state index >= 15 is 0 Å². The zero-order valence-corrected chi connectivity index (χ0v) is 60.5. The van der Waals surface area contributed by atoms with Gasteiger partial charge in [-0.05, 0) is 210 Å². The number of benzene rings is 4. The first kappa shape index (κ1) is 76.9. The van der Waals surface area contributed by atoms with E-state index in [0.29, 0.717) is 35.6 Å². The Bertz CT molecular complexity index is 3640. The van der Waals surface area contributed by atoms with Crippen LogP contribution >= 0.6 is 0 Å². The van der Waals surface area contributed by atoms with Gasteiger partial charge in [0.2, 0.25) is 0 Å². The molecule has 3 nitrogen and oxygen atoms in total. The number of anilines is 1. The van der Waals surface area contributed by atoms with Crippen molar-refractivity contribution in [2.75, 3.05) is 4.90 Å². The van der Waals surface area contributed by atoms with Crippen molar-refractivity contribution in [2.45, 2.75) is 175 Å². The number of nitrogens with zero attached hydrogens (tertiary/aromatic N) is 3. The third kappa shape index (κ3) is 20.5. The van der Waals surface area contributed by atoms with Crippen LogP contribution in [0, 0.1) is 45.4 Å². The summed E-state index contributed by atoms with van der Waals surface area (Å²) in [5, 5.41) is 0. The predicted octanol–water partition coefficient (Wildman–Crippen LogP) is 26.4. The molecule has 2 aliphatic rings. The van der Waals surface area contributed by atoms with Crippen molar-refractivity contribution >= 4 is 33.6 Å². The summed E-state index contributed by atoms with van der Waals surface area (Å²) in [6, 6.07) is 43.7. The van der Waals surface area contributed by atoms with Crippen LogP contribution in [-0.4, -0.2) is 15.6 Å². The summed E-state index contributed by atoms with van der Waals surface area (Å²) in [7, 11) is 0. The van der Waals surface area contributed by atoms with Gasteiger partial charge >= 0.3 is 0 Å². The topological polar surface area (TPSA) is 21.1 Å². The SMILES string of the molecule is C=C(/C=C(\C)c1ccccc1)c1ccccc1.C=C/C=C\C(=C/C)N1c2ccc(C(=C)/C=C\C)cc2C2CC(/C(=C/C=C)[C@H](C)CCC)C[C@@H](C)C(c3ccccc3)C21.CC.CC.C\C=C/C=C\C(=C/C)c1cc(-n2c(C)c(C)c(C)c2C)cc(/C(=C/C=C\C)CC)n1. The highest BCUT2D eigenvalue weighted by Crippen LogP contribution is 2.57. The Kier molecular flexibility index (Phi) is 33.5. The average Bonchev–Trinajstić information content (AvgIpc) is 1.58. The molecule has 4 aromatic carbocycles. The second kappa shape index (κ2) is 40.4. The smallest absolute Gasteiger partial charge is 0.0726 e. The lowest BCUT2D eigenvalue weighted by Crippen LogP contribution is -2.39. The molecule has 3 heterocycles. The zero-order valence-electron chi connectivity index (χ0n) is 60.5. The van der Waals surface area contributed by atoms with Crippen LogP contribution in [-0.2, 0) is 0 Å². The minimum absolute atomic E-state index is 0.305. The first-order valence-corrected chi connectivity index (χ1v) is 34.6. The summed E-state index contributed by atoms with van der Waals surface area (Å²) in [5.41, 5.74) is 24.8. The quantitative estimate of drug-likeness (QED) is 0.0670. The standard InChI is InChI=1S/C41H51N.C28H36N2.C17H16.2C2H6/c1-9-14-23-35(13-5)42-39-25-24-33(29(6)18-10-2)27-37(39)38-28-34(36(20-12-4)30(7)19-11-3)26-31(8)40(41(38)42)32-21-16-15-17-22-32;1-9-13-15-17-25(12-4)28-19-26(30-22(7)20(5)21(6)23(30)8)18-27(29-28)24(11-3)16-14-10-2;1-14(16-9-5-3-6-10-16)13-15(2)17-11-7-4-8-12-17;2*1-2/h9-10,12-18,20-25,27,30-31,34,38,40-41H,1,4,6,11,19,26,28H2,2-3,5,7-8H3;9-10,12-19H,11H2,1-8H3;3-13H,1H2,2H3;2*1-2H3/b18-10-,23-14-,35-13+,36-20+;13-9-,14-10-,17-15-,24-16+,25-12+;15-13+;;/t30-,31-,34?,38?,40?,41?;;;;/m1..../s1. The lowest BCUT2D eigenvalue weighted by molar-refractivity contribution is 0.363. The Hall–Kier alpha value is -8.53. The second-order valence-electron chi connectivity index (χ2n) is 23.9. The van der Waals surface area contributed by atoms with E-state index < -0.39 is 0 Å². The van der Waals surface area contributed by atoms with Crippen LogP contribution < -0.4 is 4.90 Å². The number of allylic oxidation sites excluding steroid dienone is 23. The fraction of sp³-hybridized carbons (Fsp3) is 0.322. The van der Waals surface area contributed by atoms with Crippen LogP contribution in [0.25, 0.3) is 33.6 Å². The van der Waals surface area contributed by atoms with Crippen LogP contribution in [0.15, 0.2) is 262 Å². The zero-order chi connectivity index (χ0) is 68.6. The molecule has 1 fully saturated rings. The second-order valence-corrected chi connectivity index (χ2v) is 23.9. The van der Waals surface area contributed by atoms with Crippen LogP contribution in [0.2, 0.25) is 0 Å². The molecule has 2 aromatic heterocycles. The van der Waals surface area contributed by atoms with E-state index in [1.54, 1.807) is 5.57 Å². The number of hydrogen-bond donors (Lipinski definition) is 0. The molecule has 1 aliphatic carbocycles. The van der Waals surface area contributed by atoms with Crippen molar-refractivity contribution in [3.63, 3.8) is 0 Å². The van der Waals surface area contributed by atoms with Gasteiger partial charge in [-0.15, -0.1) is 0 Å². The van der Waals surface area contributed by atoms with E-state index in [2.05, 4.69) is 295 Å².